The van der Waals surface area contributed by atoms with Gasteiger partial charge in [-0.05, 0) is 25.5 Å². The SMILES string of the molecule is CC(CNC(=O)NCCCO)Oc1ccccc1. The summed E-state index contributed by atoms with van der Waals surface area (Å²) in [5.41, 5.74) is 0. The minimum atomic E-state index is -0.244. The Hall–Kier alpha value is -1.75. The van der Waals surface area contributed by atoms with Gasteiger partial charge in [0, 0.05) is 13.2 Å². The number of benzene rings is 1. The first-order valence-electron chi connectivity index (χ1n) is 6.06. The molecule has 5 nitrogen and oxygen atoms in total. The summed E-state index contributed by atoms with van der Waals surface area (Å²) in [6.07, 6.45) is 0.458. The van der Waals surface area contributed by atoms with E-state index in [0.29, 0.717) is 19.5 Å². The zero-order chi connectivity index (χ0) is 13.2. The van der Waals surface area contributed by atoms with Gasteiger partial charge in [-0.1, -0.05) is 18.2 Å². The highest BCUT2D eigenvalue weighted by Crippen LogP contribution is 2.10. The lowest BCUT2D eigenvalue weighted by Gasteiger charge is -2.15. The number of hydrogen-bond acceptors (Lipinski definition) is 3. The Morgan fingerprint density at radius 3 is 2.72 bits per heavy atom. The number of aliphatic hydroxyl groups excluding tert-OH is 1. The van der Waals surface area contributed by atoms with Crippen LogP contribution in [0.5, 0.6) is 5.75 Å². The summed E-state index contributed by atoms with van der Waals surface area (Å²) in [4.78, 5) is 11.3. The molecule has 1 aromatic rings. The van der Waals surface area contributed by atoms with Crippen LogP contribution in [0.3, 0.4) is 0 Å². The zero-order valence-electron chi connectivity index (χ0n) is 10.6. The topological polar surface area (TPSA) is 70.6 Å². The first-order chi connectivity index (χ1) is 8.72. The van der Waals surface area contributed by atoms with Crippen molar-refractivity contribution in [1.82, 2.24) is 10.6 Å². The first-order valence-corrected chi connectivity index (χ1v) is 6.06. The first kappa shape index (κ1) is 14.3. The van der Waals surface area contributed by atoms with Crippen LogP contribution in [0.2, 0.25) is 0 Å². The molecule has 1 aromatic carbocycles. The maximum atomic E-state index is 11.3. The minimum Gasteiger partial charge on any atom is -0.489 e. The molecular formula is C13H20N2O3. The summed E-state index contributed by atoms with van der Waals surface area (Å²) in [7, 11) is 0. The number of nitrogens with one attached hydrogen (secondary N) is 2. The van der Waals surface area contributed by atoms with Gasteiger partial charge in [0.15, 0.2) is 0 Å². The Labute approximate surface area is 107 Å². The van der Waals surface area contributed by atoms with E-state index in [0.717, 1.165) is 5.75 Å². The summed E-state index contributed by atoms with van der Waals surface area (Å²) in [5.74, 6) is 0.785. The Balaban J connectivity index is 2.17. The van der Waals surface area contributed by atoms with Crippen molar-refractivity contribution < 1.29 is 14.6 Å². The van der Waals surface area contributed by atoms with Crippen molar-refractivity contribution in [2.75, 3.05) is 19.7 Å². The molecule has 5 heteroatoms. The van der Waals surface area contributed by atoms with Crippen molar-refractivity contribution >= 4 is 6.03 Å². The molecule has 18 heavy (non-hydrogen) atoms. The molecule has 0 fully saturated rings. The normalized spacial score (nSPS) is 11.7. The predicted octanol–water partition coefficient (Wildman–Crippen LogP) is 1.14. The predicted molar refractivity (Wildman–Crippen MR) is 69.6 cm³/mol. The molecular weight excluding hydrogens is 232 g/mol. The van der Waals surface area contributed by atoms with Crippen molar-refractivity contribution in [3.05, 3.63) is 30.3 Å². The number of ether oxygens (including phenoxy) is 1. The molecule has 1 atom stereocenters. The number of amides is 2. The summed E-state index contributed by atoms with van der Waals surface area (Å²) in [6, 6.07) is 9.22. The van der Waals surface area contributed by atoms with Crippen LogP contribution in [0.15, 0.2) is 30.3 Å². The van der Waals surface area contributed by atoms with Gasteiger partial charge in [-0.25, -0.2) is 4.79 Å². The number of para-hydroxylation sites is 1. The third-order valence-electron chi connectivity index (χ3n) is 2.25. The number of rotatable bonds is 7. The molecule has 0 bridgehead atoms. The van der Waals surface area contributed by atoms with Gasteiger partial charge < -0.3 is 20.5 Å². The third kappa shape index (κ3) is 6.10. The molecule has 100 valence electrons. The van der Waals surface area contributed by atoms with E-state index in [4.69, 9.17) is 9.84 Å². The molecule has 0 heterocycles. The average molecular weight is 252 g/mol. The summed E-state index contributed by atoms with van der Waals surface area (Å²) < 4.78 is 5.61. The number of urea groups is 1. The monoisotopic (exact) mass is 252 g/mol. The maximum absolute atomic E-state index is 11.3. The van der Waals surface area contributed by atoms with Crippen LogP contribution >= 0.6 is 0 Å². The molecule has 0 aromatic heterocycles. The van der Waals surface area contributed by atoms with Crippen molar-refractivity contribution in [1.29, 1.82) is 0 Å². The van der Waals surface area contributed by atoms with Crippen LogP contribution in [0, 0.1) is 0 Å². The molecule has 0 aliphatic carbocycles. The number of hydrogen-bond donors (Lipinski definition) is 3. The second kappa shape index (κ2) is 8.36. The van der Waals surface area contributed by atoms with E-state index in [-0.39, 0.29) is 18.7 Å². The second-order valence-electron chi connectivity index (χ2n) is 3.96. The van der Waals surface area contributed by atoms with Crippen LogP contribution in [0.1, 0.15) is 13.3 Å². The summed E-state index contributed by atoms with van der Waals surface area (Å²) >= 11 is 0. The van der Waals surface area contributed by atoms with Crippen LogP contribution < -0.4 is 15.4 Å². The Morgan fingerprint density at radius 1 is 1.33 bits per heavy atom. The highest BCUT2D eigenvalue weighted by Gasteiger charge is 2.05. The molecule has 3 N–H and O–H groups in total. The highest BCUT2D eigenvalue weighted by atomic mass is 16.5. The van der Waals surface area contributed by atoms with Gasteiger partial charge in [0.1, 0.15) is 11.9 Å². The van der Waals surface area contributed by atoms with E-state index in [2.05, 4.69) is 10.6 Å². The quantitative estimate of drug-likeness (QED) is 0.637. The van der Waals surface area contributed by atoms with Gasteiger partial charge in [-0.2, -0.15) is 0 Å². The molecule has 0 aliphatic rings. The van der Waals surface area contributed by atoms with Gasteiger partial charge in [0.05, 0.1) is 6.54 Å². The van der Waals surface area contributed by atoms with E-state index in [1.807, 2.05) is 37.3 Å². The molecule has 0 saturated carbocycles. The minimum absolute atomic E-state index is 0.0772. The van der Waals surface area contributed by atoms with Crippen LogP contribution in [0.4, 0.5) is 4.79 Å². The molecule has 0 spiro atoms. The molecule has 0 saturated heterocycles. The van der Waals surface area contributed by atoms with Crippen LogP contribution in [0.25, 0.3) is 0 Å². The number of carbonyl (C=O) groups excluding carboxylic acids is 1. The summed E-state index contributed by atoms with van der Waals surface area (Å²) in [6.45, 7) is 2.87. The molecule has 1 rings (SSSR count). The highest BCUT2D eigenvalue weighted by molar-refractivity contribution is 5.73. The van der Waals surface area contributed by atoms with Gasteiger partial charge >= 0.3 is 6.03 Å². The fourth-order valence-electron chi connectivity index (χ4n) is 1.35. The average Bonchev–Trinajstić information content (AvgIpc) is 2.38. The van der Waals surface area contributed by atoms with Gasteiger partial charge in [0.2, 0.25) is 0 Å². The fourth-order valence-corrected chi connectivity index (χ4v) is 1.35. The Kier molecular flexibility index (Phi) is 6.64. The van der Waals surface area contributed by atoms with Crippen molar-refractivity contribution in [2.45, 2.75) is 19.4 Å². The number of aliphatic hydroxyl groups is 1. The molecule has 0 radical (unpaired) electrons. The molecule has 2 amide bonds. The van der Waals surface area contributed by atoms with Crippen molar-refractivity contribution in [3.63, 3.8) is 0 Å². The fraction of sp³-hybridized carbons (Fsp3) is 0.462. The van der Waals surface area contributed by atoms with Crippen molar-refractivity contribution in [2.24, 2.45) is 0 Å². The van der Waals surface area contributed by atoms with E-state index < -0.39 is 0 Å². The Bertz CT molecular complexity index is 343. The van der Waals surface area contributed by atoms with Gasteiger partial charge in [-0.15, -0.1) is 0 Å². The van der Waals surface area contributed by atoms with E-state index >= 15 is 0 Å². The van der Waals surface area contributed by atoms with Gasteiger partial charge in [-0.3, -0.25) is 0 Å². The van der Waals surface area contributed by atoms with Crippen LogP contribution in [-0.4, -0.2) is 36.9 Å². The van der Waals surface area contributed by atoms with E-state index in [1.54, 1.807) is 0 Å². The van der Waals surface area contributed by atoms with E-state index in [1.165, 1.54) is 0 Å². The van der Waals surface area contributed by atoms with E-state index in [9.17, 15) is 4.79 Å². The second-order valence-corrected chi connectivity index (χ2v) is 3.96. The maximum Gasteiger partial charge on any atom is 0.314 e. The lowest BCUT2D eigenvalue weighted by molar-refractivity contribution is 0.207. The lowest BCUT2D eigenvalue weighted by atomic mass is 10.3. The van der Waals surface area contributed by atoms with Gasteiger partial charge in [0.25, 0.3) is 0 Å². The summed E-state index contributed by atoms with van der Waals surface area (Å²) in [5, 5.41) is 13.9. The lowest BCUT2D eigenvalue weighted by Crippen LogP contribution is -2.40. The zero-order valence-corrected chi connectivity index (χ0v) is 10.6. The Morgan fingerprint density at radius 2 is 2.06 bits per heavy atom. The standard InChI is InChI=1S/C13H20N2O3/c1-11(18-12-6-3-2-4-7-12)10-15-13(17)14-8-5-9-16/h2-4,6-7,11,16H,5,8-10H2,1H3,(H2,14,15,17). The number of carbonyl (C=O) groups is 1. The van der Waals surface area contributed by atoms with Crippen molar-refractivity contribution in [3.8, 4) is 5.75 Å². The third-order valence-corrected chi connectivity index (χ3v) is 2.25. The smallest absolute Gasteiger partial charge is 0.314 e. The molecule has 0 aliphatic heterocycles. The molecule has 1 unspecified atom stereocenters. The van der Waals surface area contributed by atoms with Crippen LogP contribution in [-0.2, 0) is 0 Å². The largest absolute Gasteiger partial charge is 0.489 e.